The number of imidazole rings is 1. The van der Waals surface area contributed by atoms with Gasteiger partial charge in [-0.2, -0.15) is 0 Å². The van der Waals surface area contributed by atoms with E-state index < -0.39 is 0 Å². The summed E-state index contributed by atoms with van der Waals surface area (Å²) in [7, 11) is 0. The van der Waals surface area contributed by atoms with E-state index in [1.165, 1.54) is 16.8 Å². The molecule has 0 atom stereocenters. The van der Waals surface area contributed by atoms with Gasteiger partial charge in [0.25, 0.3) is 0 Å². The van der Waals surface area contributed by atoms with Gasteiger partial charge in [0, 0.05) is 42.3 Å². The molecule has 0 spiro atoms. The van der Waals surface area contributed by atoms with Crippen molar-refractivity contribution < 1.29 is 9.47 Å². The molecule has 0 saturated carbocycles. The molecule has 0 aliphatic rings. The average Bonchev–Trinajstić information content (AvgIpc) is 3.39. The molecule has 0 fully saturated rings. The average molecular weight is 608 g/mol. The number of ether oxygens (including phenoxy) is 2. The lowest BCUT2D eigenvalue weighted by Crippen LogP contribution is -2.24. The zero-order chi connectivity index (χ0) is 30.7. The standard InChI is InChI=1S/C38H42ClN3O2/c1-4-7-22-42-36(37(32-18-13-19-33(39)25-32)40-38(42)31-16-9-8-10-17-31)28-41(26-29-14-11-20-34(23-29)43-5-2)27-30-15-12-21-35(24-30)44-6-3/h8-21,23-25H,4-7,22,26-28H2,1-3H3. The Kier molecular flexibility index (Phi) is 11.1. The number of benzene rings is 4. The summed E-state index contributed by atoms with van der Waals surface area (Å²) >= 11 is 6.53. The van der Waals surface area contributed by atoms with Crippen LogP contribution in [-0.2, 0) is 26.2 Å². The van der Waals surface area contributed by atoms with Gasteiger partial charge >= 0.3 is 0 Å². The molecule has 5 rings (SSSR count). The second-order valence-corrected chi connectivity index (χ2v) is 11.4. The smallest absolute Gasteiger partial charge is 0.140 e. The van der Waals surface area contributed by atoms with Crippen molar-refractivity contribution in [1.82, 2.24) is 14.5 Å². The molecular weight excluding hydrogens is 566 g/mol. The van der Waals surface area contributed by atoms with Crippen LogP contribution >= 0.6 is 11.6 Å². The van der Waals surface area contributed by atoms with E-state index in [1.54, 1.807) is 0 Å². The summed E-state index contributed by atoms with van der Waals surface area (Å²) in [5, 5.41) is 0.704. The van der Waals surface area contributed by atoms with E-state index in [0.29, 0.717) is 24.8 Å². The number of halogens is 1. The fourth-order valence-electron chi connectivity index (χ4n) is 5.57. The van der Waals surface area contributed by atoms with Crippen LogP contribution in [0.2, 0.25) is 5.02 Å². The van der Waals surface area contributed by atoms with E-state index in [4.69, 9.17) is 26.1 Å². The summed E-state index contributed by atoms with van der Waals surface area (Å²) in [6.45, 7) is 10.6. The molecule has 5 nitrogen and oxygen atoms in total. The normalized spacial score (nSPS) is 11.2. The molecule has 0 aliphatic carbocycles. The van der Waals surface area contributed by atoms with Crippen molar-refractivity contribution >= 4 is 11.6 Å². The molecule has 5 aromatic rings. The summed E-state index contributed by atoms with van der Waals surface area (Å²) in [5.74, 6) is 2.77. The minimum atomic E-state index is 0.638. The van der Waals surface area contributed by atoms with E-state index >= 15 is 0 Å². The molecular formula is C38H42ClN3O2. The summed E-state index contributed by atoms with van der Waals surface area (Å²) in [6.07, 6.45) is 2.15. The van der Waals surface area contributed by atoms with Crippen molar-refractivity contribution in [2.45, 2.75) is 59.8 Å². The first-order valence-corrected chi connectivity index (χ1v) is 16.0. The number of rotatable bonds is 15. The van der Waals surface area contributed by atoms with E-state index in [2.05, 4.69) is 89.2 Å². The third-order valence-electron chi connectivity index (χ3n) is 7.54. The van der Waals surface area contributed by atoms with E-state index in [1.807, 2.05) is 44.2 Å². The maximum Gasteiger partial charge on any atom is 0.140 e. The van der Waals surface area contributed by atoms with Gasteiger partial charge in [-0.1, -0.05) is 91.7 Å². The number of hydrogen-bond donors (Lipinski definition) is 0. The Labute approximate surface area is 267 Å². The number of aromatic nitrogens is 2. The Bertz CT molecular complexity index is 1580. The second kappa shape index (κ2) is 15.6. The van der Waals surface area contributed by atoms with Crippen LogP contribution in [0, 0.1) is 0 Å². The van der Waals surface area contributed by atoms with Crippen LogP contribution in [0.1, 0.15) is 50.4 Å². The highest BCUT2D eigenvalue weighted by Gasteiger charge is 2.22. The quantitative estimate of drug-likeness (QED) is 0.119. The second-order valence-electron chi connectivity index (χ2n) is 10.9. The number of unbranched alkanes of at least 4 members (excludes halogenated alkanes) is 1. The topological polar surface area (TPSA) is 39.5 Å². The maximum atomic E-state index is 6.53. The van der Waals surface area contributed by atoms with Crippen molar-refractivity contribution in [3.63, 3.8) is 0 Å². The van der Waals surface area contributed by atoms with Crippen molar-refractivity contribution in [2.75, 3.05) is 13.2 Å². The maximum absolute atomic E-state index is 6.53. The molecule has 6 heteroatoms. The summed E-state index contributed by atoms with van der Waals surface area (Å²) in [6, 6.07) is 35.4. The summed E-state index contributed by atoms with van der Waals surface area (Å²) in [4.78, 5) is 7.81. The zero-order valence-electron chi connectivity index (χ0n) is 26.0. The molecule has 0 amide bonds. The van der Waals surface area contributed by atoms with Gasteiger partial charge in [-0.3, -0.25) is 4.90 Å². The highest BCUT2D eigenvalue weighted by Crippen LogP contribution is 2.33. The van der Waals surface area contributed by atoms with Crippen LogP contribution in [0.5, 0.6) is 11.5 Å². The lowest BCUT2D eigenvalue weighted by Gasteiger charge is -2.25. The predicted octanol–water partition coefficient (Wildman–Crippen LogP) is 9.67. The van der Waals surface area contributed by atoms with Gasteiger partial charge in [-0.15, -0.1) is 0 Å². The van der Waals surface area contributed by atoms with Crippen LogP contribution < -0.4 is 9.47 Å². The van der Waals surface area contributed by atoms with Crippen LogP contribution in [0.3, 0.4) is 0 Å². The first kappa shape index (κ1) is 31.4. The van der Waals surface area contributed by atoms with Crippen molar-refractivity contribution in [2.24, 2.45) is 0 Å². The lowest BCUT2D eigenvalue weighted by atomic mass is 10.1. The summed E-state index contributed by atoms with van der Waals surface area (Å²) < 4.78 is 14.1. The Balaban J connectivity index is 1.61. The molecule has 0 N–H and O–H groups in total. The third kappa shape index (κ3) is 8.10. The van der Waals surface area contributed by atoms with Crippen LogP contribution in [0.15, 0.2) is 103 Å². The molecule has 0 radical (unpaired) electrons. The zero-order valence-corrected chi connectivity index (χ0v) is 26.8. The van der Waals surface area contributed by atoms with Gasteiger partial charge < -0.3 is 14.0 Å². The molecule has 0 aliphatic heterocycles. The highest BCUT2D eigenvalue weighted by molar-refractivity contribution is 6.30. The van der Waals surface area contributed by atoms with Gasteiger partial charge in [0.15, 0.2) is 0 Å². The van der Waals surface area contributed by atoms with Crippen molar-refractivity contribution in [1.29, 1.82) is 0 Å². The fourth-order valence-corrected chi connectivity index (χ4v) is 5.77. The number of hydrogen-bond acceptors (Lipinski definition) is 4. The van der Waals surface area contributed by atoms with Gasteiger partial charge in [0.05, 0.1) is 24.6 Å². The van der Waals surface area contributed by atoms with Gasteiger partial charge in [0.1, 0.15) is 17.3 Å². The third-order valence-corrected chi connectivity index (χ3v) is 7.78. The predicted molar refractivity (Wildman–Crippen MR) is 181 cm³/mol. The first-order chi connectivity index (χ1) is 21.6. The first-order valence-electron chi connectivity index (χ1n) is 15.6. The van der Waals surface area contributed by atoms with Gasteiger partial charge in [-0.25, -0.2) is 4.98 Å². The molecule has 4 aromatic carbocycles. The lowest BCUT2D eigenvalue weighted by molar-refractivity contribution is 0.240. The minimum absolute atomic E-state index is 0.638. The molecule has 1 aromatic heterocycles. The Hall–Kier alpha value is -4.06. The highest BCUT2D eigenvalue weighted by atomic mass is 35.5. The van der Waals surface area contributed by atoms with Crippen LogP contribution in [-0.4, -0.2) is 27.7 Å². The monoisotopic (exact) mass is 607 g/mol. The van der Waals surface area contributed by atoms with E-state index in [9.17, 15) is 0 Å². The van der Waals surface area contributed by atoms with E-state index in [0.717, 1.165) is 66.6 Å². The largest absolute Gasteiger partial charge is 0.494 e. The minimum Gasteiger partial charge on any atom is -0.494 e. The van der Waals surface area contributed by atoms with E-state index in [-0.39, 0.29) is 0 Å². The number of nitrogens with zero attached hydrogens (tertiary/aromatic N) is 3. The SMILES string of the molecule is CCCCn1c(-c2ccccc2)nc(-c2cccc(Cl)c2)c1CN(Cc1cccc(OCC)c1)Cc1cccc(OCC)c1. The molecule has 0 bridgehead atoms. The fraction of sp³-hybridized carbons (Fsp3) is 0.289. The van der Waals surface area contributed by atoms with Crippen LogP contribution in [0.4, 0.5) is 0 Å². The van der Waals surface area contributed by atoms with Crippen molar-refractivity contribution in [3.8, 4) is 34.1 Å². The molecule has 0 saturated heterocycles. The Morgan fingerprint density at radius 2 is 1.30 bits per heavy atom. The van der Waals surface area contributed by atoms with Crippen LogP contribution in [0.25, 0.3) is 22.6 Å². The molecule has 0 unspecified atom stereocenters. The molecule has 44 heavy (non-hydrogen) atoms. The van der Waals surface area contributed by atoms with Gasteiger partial charge in [0.2, 0.25) is 0 Å². The molecule has 1 heterocycles. The summed E-state index contributed by atoms with van der Waals surface area (Å²) in [5.41, 5.74) is 6.68. The van der Waals surface area contributed by atoms with Crippen molar-refractivity contribution in [3.05, 3.63) is 125 Å². The molecule has 228 valence electrons. The Morgan fingerprint density at radius 1 is 0.682 bits per heavy atom. The van der Waals surface area contributed by atoms with Gasteiger partial charge in [-0.05, 0) is 67.8 Å². The Morgan fingerprint density at radius 3 is 1.89 bits per heavy atom.